The first kappa shape index (κ1) is 26.4. The second-order valence-corrected chi connectivity index (χ2v) is 10.6. The zero-order valence-electron chi connectivity index (χ0n) is 21.9. The molecule has 1 amide bonds. The Morgan fingerprint density at radius 2 is 1.82 bits per heavy atom. The van der Waals surface area contributed by atoms with Crippen LogP contribution in [0.5, 0.6) is 0 Å². The summed E-state index contributed by atoms with van der Waals surface area (Å²) in [6.45, 7) is 4.88. The summed E-state index contributed by atoms with van der Waals surface area (Å²) in [5, 5.41) is 4.17. The van der Waals surface area contributed by atoms with E-state index in [1.54, 1.807) is 13.0 Å². The van der Waals surface area contributed by atoms with E-state index >= 15 is 0 Å². The molecule has 202 valence electrons. The summed E-state index contributed by atoms with van der Waals surface area (Å²) in [6, 6.07) is 11.4. The summed E-state index contributed by atoms with van der Waals surface area (Å²) in [6.07, 6.45) is -0.851. The first-order chi connectivity index (χ1) is 18.1. The predicted octanol–water partition coefficient (Wildman–Crippen LogP) is 6.26. The molecule has 5 rings (SSSR count). The van der Waals surface area contributed by atoms with Crippen LogP contribution >= 0.6 is 0 Å². The number of hydrogen-bond donors (Lipinski definition) is 1. The number of alkyl halides is 3. The van der Waals surface area contributed by atoms with E-state index < -0.39 is 17.8 Å². The standard InChI is InChI=1S/C29H33F3N4O2/c1-17(21-5-4-6-23(13-21)29(30,31)32)33-27-25-14-22(11-12-26(25)34-18(2)35-27)19-7-9-20(10-8-19)28(37)36(3)24-15-38-16-24/h4-6,11-14,17,19-20,24H,7-10,15-16H2,1-3H3,(H,33,34,35)/t17-,19-,20-/m1/s1. The number of halogens is 3. The van der Waals surface area contributed by atoms with Gasteiger partial charge in [0.25, 0.3) is 0 Å². The van der Waals surface area contributed by atoms with Gasteiger partial charge in [0.05, 0.1) is 30.3 Å². The van der Waals surface area contributed by atoms with Crippen LogP contribution in [-0.4, -0.2) is 47.1 Å². The number of fused-ring (bicyclic) bond motifs is 1. The minimum atomic E-state index is -4.40. The van der Waals surface area contributed by atoms with Gasteiger partial charge in [0.15, 0.2) is 0 Å². The third-order valence-electron chi connectivity index (χ3n) is 7.96. The fourth-order valence-corrected chi connectivity index (χ4v) is 5.49. The Hall–Kier alpha value is -3.20. The van der Waals surface area contributed by atoms with Gasteiger partial charge in [-0.1, -0.05) is 18.2 Å². The average Bonchev–Trinajstić information content (AvgIpc) is 2.86. The second kappa shape index (κ2) is 10.5. The highest BCUT2D eigenvalue weighted by atomic mass is 19.4. The number of benzene rings is 2. The molecule has 6 nitrogen and oxygen atoms in total. The Balaban J connectivity index is 1.33. The molecule has 2 aliphatic rings. The van der Waals surface area contributed by atoms with Crippen LogP contribution in [0.3, 0.4) is 0 Å². The van der Waals surface area contributed by atoms with E-state index in [9.17, 15) is 18.0 Å². The number of aromatic nitrogens is 2. The number of nitrogens with one attached hydrogen (secondary N) is 1. The van der Waals surface area contributed by atoms with Gasteiger partial charge in [-0.05, 0) is 80.8 Å². The largest absolute Gasteiger partial charge is 0.416 e. The molecule has 1 atom stereocenters. The van der Waals surface area contributed by atoms with E-state index in [1.807, 2.05) is 24.9 Å². The number of hydrogen-bond acceptors (Lipinski definition) is 5. The SMILES string of the molecule is Cc1nc(N[C@H](C)c2cccc(C(F)(F)F)c2)c2cc([C@H]3CC[C@H](C(=O)N(C)C4COC4)CC3)ccc2n1. The van der Waals surface area contributed by atoms with Crippen LogP contribution in [-0.2, 0) is 15.7 Å². The molecule has 9 heteroatoms. The van der Waals surface area contributed by atoms with Crippen molar-refractivity contribution in [3.63, 3.8) is 0 Å². The molecule has 3 aromatic rings. The summed E-state index contributed by atoms with van der Waals surface area (Å²) in [4.78, 5) is 23.9. The minimum Gasteiger partial charge on any atom is -0.377 e. The third kappa shape index (κ3) is 5.48. The summed E-state index contributed by atoms with van der Waals surface area (Å²) in [7, 11) is 1.88. The molecule has 1 aliphatic heterocycles. The molecule has 0 bridgehead atoms. The number of ether oxygens (including phenoxy) is 1. The summed E-state index contributed by atoms with van der Waals surface area (Å²) in [5.74, 6) is 1.79. The lowest BCUT2D eigenvalue weighted by atomic mass is 9.78. The maximum Gasteiger partial charge on any atom is 0.416 e. The van der Waals surface area contributed by atoms with Gasteiger partial charge in [-0.15, -0.1) is 0 Å². The summed E-state index contributed by atoms with van der Waals surface area (Å²) in [5.41, 5.74) is 1.82. The Kier molecular flexibility index (Phi) is 7.31. The van der Waals surface area contributed by atoms with Crippen LogP contribution in [0.25, 0.3) is 10.9 Å². The molecule has 1 N–H and O–H groups in total. The number of carbonyl (C=O) groups excluding carboxylic acids is 1. The summed E-state index contributed by atoms with van der Waals surface area (Å²) < 4.78 is 44.9. The molecule has 0 spiro atoms. The Bertz CT molecular complexity index is 1320. The monoisotopic (exact) mass is 526 g/mol. The van der Waals surface area contributed by atoms with Crippen molar-refractivity contribution in [3.05, 3.63) is 65.0 Å². The van der Waals surface area contributed by atoms with E-state index in [2.05, 4.69) is 27.4 Å². The highest BCUT2D eigenvalue weighted by Gasteiger charge is 2.34. The topological polar surface area (TPSA) is 67.4 Å². The highest BCUT2D eigenvalue weighted by molar-refractivity contribution is 5.90. The quantitative estimate of drug-likeness (QED) is 0.411. The number of nitrogens with zero attached hydrogens (tertiary/aromatic N) is 3. The van der Waals surface area contributed by atoms with Gasteiger partial charge in [0.1, 0.15) is 11.6 Å². The molecular formula is C29H33F3N4O2. The maximum absolute atomic E-state index is 13.2. The highest BCUT2D eigenvalue weighted by Crippen LogP contribution is 2.39. The lowest BCUT2D eigenvalue weighted by Gasteiger charge is -2.38. The van der Waals surface area contributed by atoms with Gasteiger partial charge in [0, 0.05) is 24.4 Å². The number of anilines is 1. The van der Waals surface area contributed by atoms with Crippen LogP contribution in [0.2, 0.25) is 0 Å². The van der Waals surface area contributed by atoms with Gasteiger partial charge in [0.2, 0.25) is 5.91 Å². The maximum atomic E-state index is 13.2. The molecule has 2 heterocycles. The van der Waals surface area contributed by atoms with Gasteiger partial charge >= 0.3 is 6.18 Å². The van der Waals surface area contributed by atoms with E-state index in [0.717, 1.165) is 42.7 Å². The fourth-order valence-electron chi connectivity index (χ4n) is 5.49. The van der Waals surface area contributed by atoms with Gasteiger partial charge in [-0.3, -0.25) is 4.79 Å². The molecule has 38 heavy (non-hydrogen) atoms. The Morgan fingerprint density at radius 3 is 2.47 bits per heavy atom. The molecule has 2 aromatic carbocycles. The molecule has 2 fully saturated rings. The van der Waals surface area contributed by atoms with Gasteiger partial charge in [-0.2, -0.15) is 13.2 Å². The van der Waals surface area contributed by atoms with E-state index in [-0.39, 0.29) is 17.9 Å². The Morgan fingerprint density at radius 1 is 1.08 bits per heavy atom. The van der Waals surface area contributed by atoms with Crippen LogP contribution in [0.4, 0.5) is 19.0 Å². The number of likely N-dealkylation sites (N-methyl/N-ethyl adjacent to an activating group) is 1. The second-order valence-electron chi connectivity index (χ2n) is 10.6. The smallest absolute Gasteiger partial charge is 0.377 e. The van der Waals surface area contributed by atoms with Crippen molar-refractivity contribution in [1.82, 2.24) is 14.9 Å². The zero-order valence-corrected chi connectivity index (χ0v) is 21.9. The fraction of sp³-hybridized carbons (Fsp3) is 0.483. The molecule has 1 aromatic heterocycles. The van der Waals surface area contributed by atoms with Crippen LogP contribution in [0, 0.1) is 12.8 Å². The Labute approximate surface area is 220 Å². The van der Waals surface area contributed by atoms with Gasteiger partial charge in [-0.25, -0.2) is 9.97 Å². The van der Waals surface area contributed by atoms with Crippen LogP contribution in [0.1, 0.15) is 67.1 Å². The van der Waals surface area contributed by atoms with Crippen molar-refractivity contribution in [2.24, 2.45) is 5.92 Å². The third-order valence-corrected chi connectivity index (χ3v) is 7.96. The lowest BCUT2D eigenvalue weighted by Crippen LogP contribution is -2.51. The van der Waals surface area contributed by atoms with Crippen molar-refractivity contribution < 1.29 is 22.7 Å². The van der Waals surface area contributed by atoms with Crippen molar-refractivity contribution in [3.8, 4) is 0 Å². The zero-order chi connectivity index (χ0) is 27.0. The van der Waals surface area contributed by atoms with Crippen molar-refractivity contribution in [2.75, 3.05) is 25.6 Å². The average molecular weight is 527 g/mol. The van der Waals surface area contributed by atoms with E-state index in [0.29, 0.717) is 36.3 Å². The first-order valence-corrected chi connectivity index (χ1v) is 13.2. The van der Waals surface area contributed by atoms with Crippen molar-refractivity contribution in [2.45, 2.75) is 63.7 Å². The molecule has 0 radical (unpaired) electrons. The predicted molar refractivity (Wildman–Crippen MR) is 140 cm³/mol. The number of rotatable bonds is 6. The van der Waals surface area contributed by atoms with Gasteiger partial charge < -0.3 is 15.0 Å². The number of aryl methyl sites for hydroxylation is 1. The molecule has 0 unspecified atom stereocenters. The number of carbonyl (C=O) groups is 1. The minimum absolute atomic E-state index is 0.0498. The summed E-state index contributed by atoms with van der Waals surface area (Å²) >= 11 is 0. The first-order valence-electron chi connectivity index (χ1n) is 13.2. The van der Waals surface area contributed by atoms with Crippen molar-refractivity contribution >= 4 is 22.6 Å². The van der Waals surface area contributed by atoms with Crippen LogP contribution in [0.15, 0.2) is 42.5 Å². The molecule has 1 aliphatic carbocycles. The molecular weight excluding hydrogens is 493 g/mol. The lowest BCUT2D eigenvalue weighted by molar-refractivity contribution is -0.147. The van der Waals surface area contributed by atoms with Crippen molar-refractivity contribution in [1.29, 1.82) is 0 Å². The normalized spacial score (nSPS) is 21.1. The number of amides is 1. The van der Waals surface area contributed by atoms with E-state index in [4.69, 9.17) is 4.74 Å². The molecule has 1 saturated heterocycles. The van der Waals surface area contributed by atoms with Crippen LogP contribution < -0.4 is 5.32 Å². The van der Waals surface area contributed by atoms with E-state index in [1.165, 1.54) is 17.7 Å². The molecule has 1 saturated carbocycles.